The van der Waals surface area contributed by atoms with Crippen molar-refractivity contribution in [3.63, 3.8) is 0 Å². The van der Waals surface area contributed by atoms with Crippen molar-refractivity contribution in [3.05, 3.63) is 112 Å². The summed E-state index contributed by atoms with van der Waals surface area (Å²) in [6, 6.07) is 25.9. The Kier molecular flexibility index (Phi) is 6.04. The van der Waals surface area contributed by atoms with E-state index in [1.807, 2.05) is 12.1 Å². The second-order valence-corrected chi connectivity index (χ2v) is 8.46. The lowest BCUT2D eigenvalue weighted by atomic mass is 9.86. The van der Waals surface area contributed by atoms with E-state index in [4.69, 9.17) is 4.74 Å². The average molecular weight is 420 g/mol. The Morgan fingerprint density at radius 1 is 0.781 bits per heavy atom. The summed E-state index contributed by atoms with van der Waals surface area (Å²) in [5.41, 5.74) is 9.63. The molecule has 1 aliphatic carbocycles. The van der Waals surface area contributed by atoms with E-state index in [0.29, 0.717) is 0 Å². The third-order valence-electron chi connectivity index (χ3n) is 6.51. The molecule has 1 fully saturated rings. The second kappa shape index (κ2) is 9.42. The van der Waals surface area contributed by atoms with Crippen LogP contribution in [0.3, 0.4) is 0 Å². The van der Waals surface area contributed by atoms with Gasteiger partial charge in [0.05, 0.1) is 7.11 Å². The van der Waals surface area contributed by atoms with Crippen LogP contribution in [0.5, 0.6) is 5.75 Å². The molecule has 2 nitrogen and oxygen atoms in total. The summed E-state index contributed by atoms with van der Waals surface area (Å²) in [6.07, 6.45) is 11.3. The molecular weight excluding hydrogens is 390 g/mol. The fourth-order valence-electron chi connectivity index (χ4n) is 4.75. The maximum atomic E-state index is 5.24. The maximum absolute atomic E-state index is 5.24. The van der Waals surface area contributed by atoms with Crippen LogP contribution in [0.25, 0.3) is 23.8 Å². The van der Waals surface area contributed by atoms with Gasteiger partial charge in [-0.1, -0.05) is 90.5 Å². The number of ether oxygens (including phenoxy) is 1. The van der Waals surface area contributed by atoms with E-state index in [2.05, 4.69) is 89.9 Å². The molecule has 0 aromatic heterocycles. The predicted octanol–water partition coefficient (Wildman–Crippen LogP) is 6.79. The molecule has 3 aromatic rings. The molecule has 5 rings (SSSR count). The Hall–Kier alpha value is -3.36. The van der Waals surface area contributed by atoms with E-state index in [-0.39, 0.29) is 0 Å². The largest absolute Gasteiger partial charge is 0.497 e. The Morgan fingerprint density at radius 2 is 1.38 bits per heavy atom. The quantitative estimate of drug-likeness (QED) is 0.361. The number of rotatable bonds is 4. The summed E-state index contributed by atoms with van der Waals surface area (Å²) >= 11 is 0. The maximum Gasteiger partial charge on any atom is 0.118 e. The monoisotopic (exact) mass is 419 g/mol. The SMILES string of the molecule is COc1ccc(/C=C/CN2CCC(=C3c4ccccc4C=Cc4ccccc43)CC2)cc1. The van der Waals surface area contributed by atoms with Crippen LogP contribution < -0.4 is 4.74 Å². The first-order valence-corrected chi connectivity index (χ1v) is 11.4. The minimum absolute atomic E-state index is 0.899. The second-order valence-electron chi connectivity index (χ2n) is 8.46. The average Bonchev–Trinajstić information content (AvgIpc) is 3.02. The highest BCUT2D eigenvalue weighted by molar-refractivity contribution is 5.94. The number of methoxy groups -OCH3 is 1. The number of piperidine rings is 1. The van der Waals surface area contributed by atoms with Crippen molar-refractivity contribution in [2.24, 2.45) is 0 Å². The highest BCUT2D eigenvalue weighted by atomic mass is 16.5. The molecule has 2 aliphatic rings. The molecule has 0 bridgehead atoms. The van der Waals surface area contributed by atoms with Gasteiger partial charge in [0.25, 0.3) is 0 Å². The summed E-state index contributed by atoms with van der Waals surface area (Å²) in [6.45, 7) is 3.19. The number of nitrogens with zero attached hydrogens (tertiary/aromatic N) is 1. The lowest BCUT2D eigenvalue weighted by molar-refractivity contribution is 0.284. The Balaban J connectivity index is 1.33. The topological polar surface area (TPSA) is 12.5 Å². The van der Waals surface area contributed by atoms with Gasteiger partial charge in [0.1, 0.15) is 5.75 Å². The van der Waals surface area contributed by atoms with Gasteiger partial charge >= 0.3 is 0 Å². The molecule has 0 unspecified atom stereocenters. The molecule has 0 spiro atoms. The summed E-state index contributed by atoms with van der Waals surface area (Å²) < 4.78 is 5.24. The fraction of sp³-hybridized carbons (Fsp3) is 0.200. The van der Waals surface area contributed by atoms with Gasteiger partial charge in [-0.25, -0.2) is 0 Å². The smallest absolute Gasteiger partial charge is 0.118 e. The third-order valence-corrected chi connectivity index (χ3v) is 6.51. The first-order valence-electron chi connectivity index (χ1n) is 11.4. The van der Waals surface area contributed by atoms with E-state index in [1.54, 1.807) is 12.7 Å². The van der Waals surface area contributed by atoms with E-state index in [0.717, 1.165) is 38.2 Å². The highest BCUT2D eigenvalue weighted by Crippen LogP contribution is 2.38. The molecule has 0 saturated carbocycles. The van der Waals surface area contributed by atoms with Crippen molar-refractivity contribution >= 4 is 23.8 Å². The minimum Gasteiger partial charge on any atom is -0.497 e. The van der Waals surface area contributed by atoms with Crippen LogP contribution in [0.2, 0.25) is 0 Å². The normalized spacial score (nSPS) is 16.0. The van der Waals surface area contributed by atoms with Crippen molar-refractivity contribution in [2.45, 2.75) is 12.8 Å². The summed E-state index contributed by atoms with van der Waals surface area (Å²) in [5, 5.41) is 0. The van der Waals surface area contributed by atoms with E-state index >= 15 is 0 Å². The number of fused-ring (bicyclic) bond motifs is 2. The van der Waals surface area contributed by atoms with Crippen LogP contribution in [0.4, 0.5) is 0 Å². The summed E-state index contributed by atoms with van der Waals surface area (Å²) in [4.78, 5) is 2.55. The van der Waals surface area contributed by atoms with Crippen molar-refractivity contribution in [2.75, 3.05) is 26.7 Å². The zero-order valence-electron chi connectivity index (χ0n) is 18.6. The van der Waals surface area contributed by atoms with E-state index in [1.165, 1.54) is 33.4 Å². The van der Waals surface area contributed by atoms with Crippen molar-refractivity contribution in [3.8, 4) is 5.75 Å². The van der Waals surface area contributed by atoms with Crippen molar-refractivity contribution in [1.82, 2.24) is 4.90 Å². The van der Waals surface area contributed by atoms with Gasteiger partial charge in [0, 0.05) is 19.6 Å². The molecule has 0 atom stereocenters. The Labute approximate surface area is 191 Å². The third kappa shape index (κ3) is 4.32. The zero-order valence-corrected chi connectivity index (χ0v) is 18.6. The molecule has 0 radical (unpaired) electrons. The fourth-order valence-corrected chi connectivity index (χ4v) is 4.75. The van der Waals surface area contributed by atoms with Gasteiger partial charge in [-0.2, -0.15) is 0 Å². The van der Waals surface area contributed by atoms with Gasteiger partial charge in [0.2, 0.25) is 0 Å². The first-order chi connectivity index (χ1) is 15.8. The Bertz CT molecular complexity index is 1120. The van der Waals surface area contributed by atoms with Gasteiger partial charge in [-0.05, 0) is 58.4 Å². The molecule has 160 valence electrons. The molecule has 2 heteroatoms. The molecule has 1 aliphatic heterocycles. The molecule has 3 aromatic carbocycles. The van der Waals surface area contributed by atoms with E-state index in [9.17, 15) is 0 Å². The number of hydrogen-bond acceptors (Lipinski definition) is 2. The zero-order chi connectivity index (χ0) is 21.8. The van der Waals surface area contributed by atoms with Crippen LogP contribution in [0, 0.1) is 0 Å². The number of benzene rings is 3. The molecule has 0 N–H and O–H groups in total. The van der Waals surface area contributed by atoms with Crippen LogP contribution in [0.15, 0.2) is 84.4 Å². The Morgan fingerprint density at radius 3 is 1.97 bits per heavy atom. The molecule has 1 saturated heterocycles. The van der Waals surface area contributed by atoms with Crippen molar-refractivity contribution in [1.29, 1.82) is 0 Å². The molecule has 32 heavy (non-hydrogen) atoms. The lowest BCUT2D eigenvalue weighted by Gasteiger charge is -2.29. The minimum atomic E-state index is 0.899. The molecule has 1 heterocycles. The van der Waals surface area contributed by atoms with Crippen molar-refractivity contribution < 1.29 is 4.74 Å². The molecular formula is C30H29NO. The van der Waals surface area contributed by atoms with Crippen LogP contribution in [-0.2, 0) is 0 Å². The number of hydrogen-bond donors (Lipinski definition) is 0. The standard InChI is InChI=1S/C30H29NO/c1-32-27-16-12-23(13-17-27)7-6-20-31-21-18-26(19-22-31)30-28-10-4-2-8-24(28)14-15-25-9-3-5-11-29(25)30/h2-17H,18-22H2,1H3/b7-6+. The van der Waals surface area contributed by atoms with Gasteiger partial charge in [-0.3, -0.25) is 4.90 Å². The van der Waals surface area contributed by atoms with Crippen LogP contribution >= 0.6 is 0 Å². The first kappa shape index (κ1) is 20.5. The number of likely N-dealkylation sites (tertiary alicyclic amines) is 1. The molecule has 0 amide bonds. The van der Waals surface area contributed by atoms with Gasteiger partial charge in [-0.15, -0.1) is 0 Å². The van der Waals surface area contributed by atoms with Gasteiger partial charge in [0.15, 0.2) is 0 Å². The van der Waals surface area contributed by atoms with Gasteiger partial charge < -0.3 is 4.74 Å². The summed E-state index contributed by atoms with van der Waals surface area (Å²) in [7, 11) is 1.70. The van der Waals surface area contributed by atoms with E-state index < -0.39 is 0 Å². The van der Waals surface area contributed by atoms with Crippen LogP contribution in [0.1, 0.15) is 40.7 Å². The summed E-state index contributed by atoms with van der Waals surface area (Å²) in [5.74, 6) is 0.899. The van der Waals surface area contributed by atoms with Crippen LogP contribution in [-0.4, -0.2) is 31.6 Å². The highest BCUT2D eigenvalue weighted by Gasteiger charge is 2.21. The lowest BCUT2D eigenvalue weighted by Crippen LogP contribution is -2.31. The predicted molar refractivity (Wildman–Crippen MR) is 136 cm³/mol.